The van der Waals surface area contributed by atoms with Crippen molar-refractivity contribution >= 4 is 23.1 Å². The maximum atomic E-state index is 13.4. The van der Waals surface area contributed by atoms with E-state index in [0.717, 1.165) is 27.9 Å². The second-order valence-corrected chi connectivity index (χ2v) is 8.03. The average molecular weight is 439 g/mol. The molecule has 1 heterocycles. The Kier molecular flexibility index (Phi) is 5.88. The number of nitrogens with zero attached hydrogens (tertiary/aromatic N) is 2. The number of aryl methyl sites for hydroxylation is 1. The van der Waals surface area contributed by atoms with Crippen molar-refractivity contribution in [3.05, 3.63) is 142 Å². The Hall–Kier alpha value is -4.68. The number of para-hydroxylation sites is 1. The van der Waals surface area contributed by atoms with Crippen LogP contribution in [-0.4, -0.2) is 9.55 Å². The minimum Gasteiger partial charge on any atom is -0.268 e. The summed E-state index contributed by atoms with van der Waals surface area (Å²) in [7, 11) is 0. The monoisotopic (exact) mass is 438 g/mol. The molecule has 0 aliphatic heterocycles. The third kappa shape index (κ3) is 4.57. The van der Waals surface area contributed by atoms with Gasteiger partial charge in [-0.15, -0.1) is 0 Å². The minimum absolute atomic E-state index is 0.0827. The summed E-state index contributed by atoms with van der Waals surface area (Å²) in [6, 6.07) is 33.3. The van der Waals surface area contributed by atoms with Crippen molar-refractivity contribution in [3.63, 3.8) is 0 Å². The highest BCUT2D eigenvalue weighted by molar-refractivity contribution is 5.80. The number of fused-ring (bicyclic) bond motifs is 1. The first-order valence-electron chi connectivity index (χ1n) is 11.1. The van der Waals surface area contributed by atoms with Crippen molar-refractivity contribution in [1.82, 2.24) is 9.55 Å². The van der Waals surface area contributed by atoms with E-state index >= 15 is 0 Å². The molecular weight excluding hydrogens is 416 g/mol. The van der Waals surface area contributed by atoms with E-state index in [-0.39, 0.29) is 5.56 Å². The Bertz CT molecular complexity index is 1600. The van der Waals surface area contributed by atoms with Gasteiger partial charge in [0.25, 0.3) is 5.56 Å². The molecule has 0 aliphatic carbocycles. The van der Waals surface area contributed by atoms with Crippen LogP contribution in [0.25, 0.3) is 28.7 Å². The summed E-state index contributed by atoms with van der Waals surface area (Å²) in [5.41, 5.74) is 5.47. The number of benzene rings is 4. The molecule has 34 heavy (non-hydrogen) atoms. The number of rotatable bonds is 3. The van der Waals surface area contributed by atoms with E-state index in [0.29, 0.717) is 16.7 Å². The molecule has 0 unspecified atom stereocenters. The van der Waals surface area contributed by atoms with Crippen LogP contribution in [0.4, 0.5) is 0 Å². The summed E-state index contributed by atoms with van der Waals surface area (Å²) in [6.07, 6.45) is 3.86. The van der Waals surface area contributed by atoms with E-state index in [1.54, 1.807) is 4.57 Å². The van der Waals surface area contributed by atoms with Gasteiger partial charge in [0.2, 0.25) is 0 Å². The van der Waals surface area contributed by atoms with Crippen LogP contribution in [-0.2, 0) is 0 Å². The molecule has 0 N–H and O–H groups in total. The summed E-state index contributed by atoms with van der Waals surface area (Å²) in [4.78, 5) is 18.1. The van der Waals surface area contributed by atoms with E-state index in [9.17, 15) is 4.79 Å². The molecule has 0 radical (unpaired) electrons. The molecule has 1 aromatic heterocycles. The molecule has 3 nitrogen and oxygen atoms in total. The Morgan fingerprint density at radius 3 is 2.09 bits per heavy atom. The lowest BCUT2D eigenvalue weighted by molar-refractivity contribution is 0.943. The standard InChI is InChI=1S/C31H22N2O/c1-23-11-20-27(21-12-23)33-30(32-29-10-6-5-9-28(29)31(33)34)22-19-26-17-15-25(16-18-26)14-13-24-7-3-2-4-8-24/h2-12,15-22H,1H3/b22-19+. The third-order valence-electron chi connectivity index (χ3n) is 5.55. The summed E-state index contributed by atoms with van der Waals surface area (Å²) >= 11 is 0. The number of aromatic nitrogens is 2. The average Bonchev–Trinajstić information content (AvgIpc) is 2.88. The first kappa shape index (κ1) is 21.2. The number of hydrogen-bond acceptors (Lipinski definition) is 2. The van der Waals surface area contributed by atoms with E-state index in [4.69, 9.17) is 4.98 Å². The van der Waals surface area contributed by atoms with Gasteiger partial charge in [-0.1, -0.05) is 78.1 Å². The van der Waals surface area contributed by atoms with Gasteiger partial charge >= 0.3 is 0 Å². The van der Waals surface area contributed by atoms with Crippen LogP contribution in [0.2, 0.25) is 0 Å². The van der Waals surface area contributed by atoms with Crippen molar-refractivity contribution in [2.75, 3.05) is 0 Å². The topological polar surface area (TPSA) is 34.9 Å². The smallest absolute Gasteiger partial charge is 0.266 e. The molecule has 0 bridgehead atoms. The zero-order valence-electron chi connectivity index (χ0n) is 18.8. The van der Waals surface area contributed by atoms with Crippen molar-refractivity contribution in [2.45, 2.75) is 6.92 Å². The van der Waals surface area contributed by atoms with Crippen molar-refractivity contribution in [2.24, 2.45) is 0 Å². The molecule has 0 saturated carbocycles. The Balaban J connectivity index is 1.50. The molecule has 0 spiro atoms. The summed E-state index contributed by atoms with van der Waals surface area (Å²) in [5.74, 6) is 6.95. The fraction of sp³-hybridized carbons (Fsp3) is 0.0323. The van der Waals surface area contributed by atoms with Gasteiger partial charge in [-0.3, -0.25) is 9.36 Å². The van der Waals surface area contributed by atoms with Crippen LogP contribution in [0.15, 0.2) is 108 Å². The van der Waals surface area contributed by atoms with Crippen LogP contribution in [0.5, 0.6) is 0 Å². The highest BCUT2D eigenvalue weighted by Gasteiger charge is 2.10. The normalized spacial score (nSPS) is 10.9. The summed E-state index contributed by atoms with van der Waals surface area (Å²) in [5, 5.41) is 0.599. The Morgan fingerprint density at radius 1 is 0.706 bits per heavy atom. The zero-order chi connectivity index (χ0) is 23.3. The predicted molar refractivity (Wildman–Crippen MR) is 140 cm³/mol. The minimum atomic E-state index is -0.0827. The van der Waals surface area contributed by atoms with Gasteiger partial charge in [0.1, 0.15) is 5.82 Å². The van der Waals surface area contributed by atoms with Gasteiger partial charge in [0, 0.05) is 11.1 Å². The first-order valence-corrected chi connectivity index (χ1v) is 11.1. The Labute approximate surface area is 198 Å². The molecule has 4 aromatic carbocycles. The van der Waals surface area contributed by atoms with Crippen molar-refractivity contribution in [3.8, 4) is 17.5 Å². The van der Waals surface area contributed by atoms with Crippen LogP contribution in [0.1, 0.15) is 28.1 Å². The van der Waals surface area contributed by atoms with E-state index in [1.807, 2.05) is 122 Å². The fourth-order valence-electron chi connectivity index (χ4n) is 3.72. The molecule has 5 rings (SSSR count). The summed E-state index contributed by atoms with van der Waals surface area (Å²) < 4.78 is 1.66. The van der Waals surface area contributed by atoms with Crippen molar-refractivity contribution in [1.29, 1.82) is 0 Å². The van der Waals surface area contributed by atoms with E-state index in [2.05, 4.69) is 11.8 Å². The largest absolute Gasteiger partial charge is 0.268 e. The first-order chi connectivity index (χ1) is 16.7. The quantitative estimate of drug-likeness (QED) is 0.312. The van der Waals surface area contributed by atoms with Crippen LogP contribution < -0.4 is 5.56 Å². The second kappa shape index (κ2) is 9.44. The lowest BCUT2D eigenvalue weighted by Crippen LogP contribution is -2.22. The molecule has 162 valence electrons. The molecule has 5 aromatic rings. The van der Waals surface area contributed by atoms with Gasteiger partial charge < -0.3 is 0 Å². The van der Waals surface area contributed by atoms with Gasteiger partial charge in [-0.25, -0.2) is 4.98 Å². The predicted octanol–water partition coefficient (Wildman–Crippen LogP) is 6.26. The SMILES string of the molecule is Cc1ccc(-n2c(/C=C/c3ccc(C#Cc4ccccc4)cc3)nc3ccccc3c2=O)cc1. The molecule has 3 heteroatoms. The van der Waals surface area contributed by atoms with Crippen LogP contribution in [0, 0.1) is 18.8 Å². The molecule has 0 saturated heterocycles. The second-order valence-electron chi connectivity index (χ2n) is 8.03. The van der Waals surface area contributed by atoms with Gasteiger partial charge in [-0.05, 0) is 67.1 Å². The molecule has 0 atom stereocenters. The third-order valence-corrected chi connectivity index (χ3v) is 5.55. The maximum Gasteiger partial charge on any atom is 0.266 e. The molecule has 0 aliphatic rings. The van der Waals surface area contributed by atoms with Crippen molar-refractivity contribution < 1.29 is 0 Å². The highest BCUT2D eigenvalue weighted by Crippen LogP contribution is 2.16. The van der Waals surface area contributed by atoms with E-state index < -0.39 is 0 Å². The van der Waals surface area contributed by atoms with Gasteiger partial charge in [-0.2, -0.15) is 0 Å². The maximum absolute atomic E-state index is 13.4. The molecule has 0 amide bonds. The van der Waals surface area contributed by atoms with E-state index in [1.165, 1.54) is 0 Å². The molecule has 0 fully saturated rings. The lowest BCUT2D eigenvalue weighted by Gasteiger charge is -2.11. The van der Waals surface area contributed by atoms with Crippen LogP contribution >= 0.6 is 0 Å². The van der Waals surface area contributed by atoms with Crippen LogP contribution in [0.3, 0.4) is 0 Å². The zero-order valence-corrected chi connectivity index (χ0v) is 18.8. The fourth-order valence-corrected chi connectivity index (χ4v) is 3.72. The highest BCUT2D eigenvalue weighted by atomic mass is 16.1. The van der Waals surface area contributed by atoms with Gasteiger partial charge in [0.05, 0.1) is 16.6 Å². The Morgan fingerprint density at radius 2 is 1.35 bits per heavy atom. The lowest BCUT2D eigenvalue weighted by atomic mass is 10.1. The number of hydrogen-bond donors (Lipinski definition) is 0. The molecular formula is C31H22N2O. The summed E-state index contributed by atoms with van der Waals surface area (Å²) in [6.45, 7) is 2.03. The van der Waals surface area contributed by atoms with Gasteiger partial charge in [0.15, 0.2) is 0 Å².